The molecular formula is C12H17ClN4O. The standard InChI is InChI=1S/C12H17ClN4O/c1-12(2)8-17(7-6-16(12)3)11(18)9-4-5-10(13)15-14-9/h4-5H,6-8H2,1-3H3. The summed E-state index contributed by atoms with van der Waals surface area (Å²) in [6, 6.07) is 3.20. The Kier molecular flexibility index (Phi) is 3.54. The first-order valence-corrected chi connectivity index (χ1v) is 6.28. The fourth-order valence-electron chi connectivity index (χ4n) is 2.01. The summed E-state index contributed by atoms with van der Waals surface area (Å²) in [5, 5.41) is 7.83. The number of aromatic nitrogens is 2. The van der Waals surface area contributed by atoms with Crippen LogP contribution in [0, 0.1) is 0 Å². The van der Waals surface area contributed by atoms with Gasteiger partial charge in [0.25, 0.3) is 5.91 Å². The van der Waals surface area contributed by atoms with Gasteiger partial charge in [-0.25, -0.2) is 0 Å². The third-order valence-corrected chi connectivity index (χ3v) is 3.66. The SMILES string of the molecule is CN1CCN(C(=O)c2ccc(Cl)nn2)CC1(C)C. The van der Waals surface area contributed by atoms with E-state index in [2.05, 4.69) is 36.0 Å². The van der Waals surface area contributed by atoms with Crippen molar-refractivity contribution < 1.29 is 4.79 Å². The van der Waals surface area contributed by atoms with Gasteiger partial charge in [0.2, 0.25) is 0 Å². The zero-order valence-corrected chi connectivity index (χ0v) is 11.6. The lowest BCUT2D eigenvalue weighted by Gasteiger charge is -2.45. The number of piperazine rings is 1. The summed E-state index contributed by atoms with van der Waals surface area (Å²) in [5.74, 6) is -0.0830. The van der Waals surface area contributed by atoms with Gasteiger partial charge in [0.05, 0.1) is 0 Å². The van der Waals surface area contributed by atoms with E-state index in [0.29, 0.717) is 23.9 Å². The van der Waals surface area contributed by atoms with E-state index in [0.717, 1.165) is 6.54 Å². The average Bonchev–Trinajstić information content (AvgIpc) is 2.33. The van der Waals surface area contributed by atoms with Gasteiger partial charge in [-0.2, -0.15) is 0 Å². The first-order chi connectivity index (χ1) is 8.40. The lowest BCUT2D eigenvalue weighted by Crippen LogP contribution is -2.58. The molecule has 98 valence electrons. The molecule has 1 amide bonds. The predicted octanol–water partition coefficient (Wildman–Crippen LogP) is 1.30. The van der Waals surface area contributed by atoms with E-state index in [1.165, 1.54) is 0 Å². The average molecular weight is 269 g/mol. The molecule has 0 saturated carbocycles. The Hall–Kier alpha value is -1.20. The third kappa shape index (κ3) is 2.62. The topological polar surface area (TPSA) is 49.3 Å². The predicted molar refractivity (Wildman–Crippen MR) is 69.7 cm³/mol. The van der Waals surface area contributed by atoms with Crippen molar-refractivity contribution in [3.63, 3.8) is 0 Å². The monoisotopic (exact) mass is 268 g/mol. The maximum Gasteiger partial charge on any atom is 0.274 e. The van der Waals surface area contributed by atoms with Crippen molar-refractivity contribution in [1.29, 1.82) is 0 Å². The van der Waals surface area contributed by atoms with E-state index in [9.17, 15) is 4.79 Å². The summed E-state index contributed by atoms with van der Waals surface area (Å²) in [5.41, 5.74) is 0.327. The van der Waals surface area contributed by atoms with E-state index in [-0.39, 0.29) is 11.4 Å². The minimum atomic E-state index is -0.0830. The van der Waals surface area contributed by atoms with E-state index < -0.39 is 0 Å². The Morgan fingerprint density at radius 3 is 2.61 bits per heavy atom. The van der Waals surface area contributed by atoms with Crippen LogP contribution in [0.4, 0.5) is 0 Å². The molecule has 0 N–H and O–H groups in total. The van der Waals surface area contributed by atoms with Crippen molar-refractivity contribution in [3.8, 4) is 0 Å². The fourth-order valence-corrected chi connectivity index (χ4v) is 2.11. The smallest absolute Gasteiger partial charge is 0.274 e. The van der Waals surface area contributed by atoms with Crippen molar-refractivity contribution in [2.24, 2.45) is 0 Å². The Labute approximate surface area is 112 Å². The van der Waals surface area contributed by atoms with Crippen LogP contribution < -0.4 is 0 Å². The number of nitrogens with zero attached hydrogens (tertiary/aromatic N) is 4. The molecule has 1 aromatic rings. The number of halogens is 1. The lowest BCUT2D eigenvalue weighted by atomic mass is 9.99. The molecule has 6 heteroatoms. The molecule has 1 saturated heterocycles. The molecule has 0 atom stereocenters. The van der Waals surface area contributed by atoms with Crippen LogP contribution in [0.3, 0.4) is 0 Å². The Bertz CT molecular complexity index is 446. The first kappa shape index (κ1) is 13.2. The second kappa shape index (κ2) is 4.82. The van der Waals surface area contributed by atoms with Crippen LogP contribution in [0.15, 0.2) is 12.1 Å². The van der Waals surface area contributed by atoms with Gasteiger partial charge in [0, 0.05) is 25.2 Å². The molecule has 0 bridgehead atoms. The fraction of sp³-hybridized carbons (Fsp3) is 0.583. The van der Waals surface area contributed by atoms with Crippen molar-refractivity contribution in [2.45, 2.75) is 19.4 Å². The Morgan fingerprint density at radius 1 is 1.33 bits per heavy atom. The normalized spacial score (nSPS) is 19.9. The number of rotatable bonds is 1. The second-order valence-corrected chi connectivity index (χ2v) is 5.59. The molecule has 0 aromatic carbocycles. The molecule has 5 nitrogen and oxygen atoms in total. The molecule has 1 aliphatic heterocycles. The van der Waals surface area contributed by atoms with Gasteiger partial charge in [-0.05, 0) is 33.0 Å². The summed E-state index contributed by atoms with van der Waals surface area (Å²) >= 11 is 5.66. The van der Waals surface area contributed by atoms with E-state index >= 15 is 0 Å². The van der Waals surface area contributed by atoms with Crippen molar-refractivity contribution >= 4 is 17.5 Å². The van der Waals surface area contributed by atoms with Crippen LogP contribution >= 0.6 is 11.6 Å². The summed E-state index contributed by atoms with van der Waals surface area (Å²) in [6.07, 6.45) is 0. The molecule has 2 heterocycles. The number of hydrogen-bond donors (Lipinski definition) is 0. The van der Waals surface area contributed by atoms with Crippen molar-refractivity contribution in [1.82, 2.24) is 20.0 Å². The highest BCUT2D eigenvalue weighted by atomic mass is 35.5. The lowest BCUT2D eigenvalue weighted by molar-refractivity contribution is 0.0306. The summed E-state index contributed by atoms with van der Waals surface area (Å²) < 4.78 is 0. The van der Waals surface area contributed by atoms with Gasteiger partial charge < -0.3 is 4.90 Å². The number of amides is 1. The summed E-state index contributed by atoms with van der Waals surface area (Å²) in [6.45, 7) is 6.51. The minimum Gasteiger partial charge on any atom is -0.334 e. The van der Waals surface area contributed by atoms with Gasteiger partial charge in [-0.15, -0.1) is 10.2 Å². The molecule has 18 heavy (non-hydrogen) atoms. The van der Waals surface area contributed by atoms with Gasteiger partial charge >= 0.3 is 0 Å². The molecule has 1 aromatic heterocycles. The van der Waals surface area contributed by atoms with Crippen LogP contribution in [-0.2, 0) is 0 Å². The molecule has 0 unspecified atom stereocenters. The molecular weight excluding hydrogens is 252 g/mol. The van der Waals surface area contributed by atoms with Gasteiger partial charge in [-0.1, -0.05) is 11.6 Å². The molecule has 1 fully saturated rings. The number of carbonyl (C=O) groups is 1. The number of hydrogen-bond acceptors (Lipinski definition) is 4. The second-order valence-electron chi connectivity index (χ2n) is 5.20. The highest BCUT2D eigenvalue weighted by Gasteiger charge is 2.33. The number of likely N-dealkylation sites (N-methyl/N-ethyl adjacent to an activating group) is 1. The van der Waals surface area contributed by atoms with Crippen LogP contribution in [0.5, 0.6) is 0 Å². The zero-order chi connectivity index (χ0) is 13.3. The quantitative estimate of drug-likeness (QED) is 0.770. The van der Waals surface area contributed by atoms with Crippen molar-refractivity contribution in [3.05, 3.63) is 23.0 Å². The van der Waals surface area contributed by atoms with E-state index in [1.54, 1.807) is 12.1 Å². The molecule has 0 aliphatic carbocycles. The van der Waals surface area contributed by atoms with E-state index in [1.807, 2.05) is 4.90 Å². The molecule has 1 aliphatic rings. The molecule has 0 spiro atoms. The molecule has 2 rings (SSSR count). The highest BCUT2D eigenvalue weighted by Crippen LogP contribution is 2.20. The maximum absolute atomic E-state index is 12.3. The summed E-state index contributed by atoms with van der Waals surface area (Å²) in [7, 11) is 2.07. The summed E-state index contributed by atoms with van der Waals surface area (Å²) in [4.78, 5) is 16.3. The highest BCUT2D eigenvalue weighted by molar-refractivity contribution is 6.29. The van der Waals surface area contributed by atoms with Crippen LogP contribution in [-0.4, -0.2) is 58.1 Å². The molecule has 0 radical (unpaired) electrons. The van der Waals surface area contributed by atoms with Crippen LogP contribution in [0.2, 0.25) is 5.15 Å². The van der Waals surface area contributed by atoms with Crippen LogP contribution in [0.1, 0.15) is 24.3 Å². The van der Waals surface area contributed by atoms with E-state index in [4.69, 9.17) is 11.6 Å². The Morgan fingerprint density at radius 2 is 2.06 bits per heavy atom. The third-order valence-electron chi connectivity index (χ3n) is 3.45. The van der Waals surface area contributed by atoms with Gasteiger partial charge in [0.1, 0.15) is 0 Å². The first-order valence-electron chi connectivity index (χ1n) is 5.90. The van der Waals surface area contributed by atoms with Gasteiger partial charge in [-0.3, -0.25) is 9.69 Å². The zero-order valence-electron chi connectivity index (χ0n) is 10.9. The Balaban J connectivity index is 2.13. The largest absolute Gasteiger partial charge is 0.334 e. The van der Waals surface area contributed by atoms with Crippen molar-refractivity contribution in [2.75, 3.05) is 26.7 Å². The number of carbonyl (C=O) groups excluding carboxylic acids is 1. The van der Waals surface area contributed by atoms with Crippen LogP contribution in [0.25, 0.3) is 0 Å². The van der Waals surface area contributed by atoms with Gasteiger partial charge in [0.15, 0.2) is 10.8 Å². The minimum absolute atomic E-state index is 0.0201. The maximum atomic E-state index is 12.3.